The molecule has 0 amide bonds. The first kappa shape index (κ1) is 28.1. The number of benzene rings is 6. The Kier molecular flexibility index (Phi) is 6.27. The normalized spacial score (nSPS) is 11.8. The molecule has 6 aromatic carbocycles. The van der Waals surface area contributed by atoms with E-state index in [-0.39, 0.29) is 10.8 Å². The lowest BCUT2D eigenvalue weighted by Gasteiger charge is -2.21. The summed E-state index contributed by atoms with van der Waals surface area (Å²) in [6.45, 7) is 0. The van der Waals surface area contributed by atoms with Gasteiger partial charge in [0.2, 0.25) is 0 Å². The van der Waals surface area contributed by atoms with Gasteiger partial charge in [-0.05, 0) is 68.4 Å². The van der Waals surface area contributed by atoms with E-state index < -0.39 is 23.3 Å². The third-order valence-corrected chi connectivity index (χ3v) is 9.17. The molecule has 9 rings (SSSR count). The van der Waals surface area contributed by atoms with Gasteiger partial charge >= 0.3 is 0 Å². The average molecular weight is 631 g/mol. The number of hydrogen-bond acceptors (Lipinski definition) is 2. The lowest BCUT2D eigenvalue weighted by Crippen LogP contribution is -2.03. The lowest BCUT2D eigenvalue weighted by molar-refractivity contribution is 0.418. The summed E-state index contributed by atoms with van der Waals surface area (Å²) in [6, 6.07) is 39.1. The molecule has 0 aliphatic heterocycles. The zero-order valence-corrected chi connectivity index (χ0v) is 25.1. The number of aromatic nitrogens is 2. The van der Waals surface area contributed by atoms with Crippen LogP contribution in [-0.2, 0) is 0 Å². The van der Waals surface area contributed by atoms with Crippen molar-refractivity contribution in [1.82, 2.24) is 9.97 Å². The summed E-state index contributed by atoms with van der Waals surface area (Å²) in [7, 11) is 0. The fourth-order valence-electron chi connectivity index (χ4n) is 7.22. The van der Waals surface area contributed by atoms with Crippen molar-refractivity contribution in [3.63, 3.8) is 0 Å². The van der Waals surface area contributed by atoms with Crippen LogP contribution in [0.25, 0.3) is 88.7 Å². The van der Waals surface area contributed by atoms with Gasteiger partial charge in [-0.2, -0.15) is 0 Å². The zero-order chi connectivity index (χ0) is 32.5. The first-order valence-corrected chi connectivity index (χ1v) is 15.4. The van der Waals surface area contributed by atoms with Crippen LogP contribution < -0.4 is 0 Å². The monoisotopic (exact) mass is 630 g/mol. The maximum Gasteiger partial charge on any atom is 0.198 e. The predicted molar refractivity (Wildman–Crippen MR) is 183 cm³/mol. The molecule has 0 unspecified atom stereocenters. The highest BCUT2D eigenvalue weighted by Crippen LogP contribution is 2.59. The van der Waals surface area contributed by atoms with Crippen molar-refractivity contribution in [3.8, 4) is 67.2 Å². The Bertz CT molecular complexity index is 2480. The second-order valence-electron chi connectivity index (χ2n) is 11.7. The van der Waals surface area contributed by atoms with Crippen molar-refractivity contribution in [2.75, 3.05) is 0 Å². The smallest absolute Gasteiger partial charge is 0.198 e. The molecule has 0 radical (unpaired) electrons. The van der Waals surface area contributed by atoms with Crippen molar-refractivity contribution in [3.05, 3.63) is 157 Å². The largest absolute Gasteiger partial charge is 0.255 e. The molecule has 1 aliphatic carbocycles. The highest BCUT2D eigenvalue weighted by molar-refractivity contribution is 6.28. The minimum absolute atomic E-state index is 0.301. The van der Waals surface area contributed by atoms with E-state index in [1.807, 2.05) is 78.9 Å². The third kappa shape index (κ3) is 3.99. The van der Waals surface area contributed by atoms with Crippen LogP contribution in [0.1, 0.15) is 0 Å². The molecule has 0 saturated heterocycles. The van der Waals surface area contributed by atoms with E-state index >= 15 is 17.6 Å². The van der Waals surface area contributed by atoms with E-state index in [1.165, 1.54) is 0 Å². The summed E-state index contributed by atoms with van der Waals surface area (Å²) in [5.74, 6) is -6.54. The second kappa shape index (κ2) is 10.7. The minimum atomic E-state index is -1.84. The maximum absolute atomic E-state index is 16.2. The summed E-state index contributed by atoms with van der Waals surface area (Å²) in [5.41, 5.74) is 7.59. The van der Waals surface area contributed by atoms with Gasteiger partial charge in [0.05, 0.1) is 17.1 Å². The Labute approximate surface area is 272 Å². The Morgan fingerprint density at radius 1 is 0.354 bits per heavy atom. The number of pyridine rings is 2. The van der Waals surface area contributed by atoms with Crippen LogP contribution in [0.3, 0.4) is 0 Å². The Morgan fingerprint density at radius 3 is 1.48 bits per heavy atom. The molecular formula is C42H22F4N2. The van der Waals surface area contributed by atoms with Gasteiger partial charge in [-0.1, -0.05) is 103 Å². The van der Waals surface area contributed by atoms with Gasteiger partial charge in [0, 0.05) is 33.7 Å². The van der Waals surface area contributed by atoms with Gasteiger partial charge in [0.25, 0.3) is 0 Å². The topological polar surface area (TPSA) is 25.8 Å². The molecule has 2 aromatic heterocycles. The van der Waals surface area contributed by atoms with Gasteiger partial charge in [0.1, 0.15) is 0 Å². The van der Waals surface area contributed by atoms with Crippen molar-refractivity contribution in [1.29, 1.82) is 0 Å². The molecule has 48 heavy (non-hydrogen) atoms. The van der Waals surface area contributed by atoms with Gasteiger partial charge in [-0.3, -0.25) is 4.98 Å². The standard InChI is InChI=1S/C42H22F4N2/c43-39-37-32(23-11-3-1-4-12-23)35-27-16-9-15-26-25(29-18-10-19-31(48-29)30-17-7-8-22-47-30)20-21-28(34(26)27)36(35)33(24-13-5-2-6-14-24)38(37)40(44)42(46)41(39)45/h1-22H. The lowest BCUT2D eigenvalue weighted by atomic mass is 9.82. The van der Waals surface area contributed by atoms with Gasteiger partial charge in [-0.15, -0.1) is 0 Å². The molecule has 0 atom stereocenters. The third-order valence-electron chi connectivity index (χ3n) is 9.17. The van der Waals surface area contributed by atoms with Gasteiger partial charge in [0.15, 0.2) is 23.3 Å². The van der Waals surface area contributed by atoms with E-state index in [9.17, 15) is 0 Å². The quantitative estimate of drug-likeness (QED) is 0.110. The molecule has 228 valence electrons. The van der Waals surface area contributed by atoms with Crippen molar-refractivity contribution in [2.45, 2.75) is 0 Å². The molecule has 0 N–H and O–H groups in total. The van der Waals surface area contributed by atoms with E-state index in [4.69, 9.17) is 4.98 Å². The fourth-order valence-corrected chi connectivity index (χ4v) is 7.22. The molecule has 0 spiro atoms. The van der Waals surface area contributed by atoms with Gasteiger partial charge < -0.3 is 0 Å². The summed E-state index contributed by atoms with van der Waals surface area (Å²) in [5, 5.41) is 1.14. The molecule has 2 nitrogen and oxygen atoms in total. The SMILES string of the molecule is Fc1c(F)c(F)c2c(-c3ccccc3)c3c(c(-c4ccccc4)c2c1F)-c1cccc2c(-c4cccc(-c5ccccn5)n4)ccc-3c12. The van der Waals surface area contributed by atoms with E-state index in [1.54, 1.807) is 54.7 Å². The molecule has 1 aliphatic rings. The average Bonchev–Trinajstić information content (AvgIpc) is 3.48. The maximum atomic E-state index is 16.2. The van der Waals surface area contributed by atoms with Crippen molar-refractivity contribution >= 4 is 21.5 Å². The first-order chi connectivity index (χ1) is 23.5. The van der Waals surface area contributed by atoms with Crippen LogP contribution in [0.5, 0.6) is 0 Å². The highest BCUT2D eigenvalue weighted by Gasteiger charge is 2.35. The molecule has 0 bridgehead atoms. The number of rotatable bonds is 4. The number of fused-ring (bicyclic) bond motifs is 4. The van der Waals surface area contributed by atoms with Crippen molar-refractivity contribution < 1.29 is 17.6 Å². The molecule has 8 aromatic rings. The van der Waals surface area contributed by atoms with Crippen molar-refractivity contribution in [2.24, 2.45) is 0 Å². The molecule has 6 heteroatoms. The Morgan fingerprint density at radius 2 is 0.875 bits per heavy atom. The summed E-state index contributed by atoms with van der Waals surface area (Å²) in [6.07, 6.45) is 1.72. The Hall–Kier alpha value is -6.14. The molecular weight excluding hydrogens is 608 g/mol. The summed E-state index contributed by atoms with van der Waals surface area (Å²) < 4.78 is 62.9. The number of nitrogens with zero attached hydrogens (tertiary/aromatic N) is 2. The van der Waals surface area contributed by atoms with Crippen LogP contribution in [0, 0.1) is 23.3 Å². The van der Waals surface area contributed by atoms with Crippen LogP contribution >= 0.6 is 0 Å². The molecule has 2 heterocycles. The van der Waals surface area contributed by atoms with Crippen LogP contribution in [0.15, 0.2) is 134 Å². The van der Waals surface area contributed by atoms with E-state index in [2.05, 4.69) is 4.98 Å². The first-order valence-electron chi connectivity index (χ1n) is 15.4. The predicted octanol–water partition coefficient (Wildman–Crippen LogP) is 11.7. The van der Waals surface area contributed by atoms with Gasteiger partial charge in [-0.25, -0.2) is 22.5 Å². The molecule has 0 saturated carbocycles. The van der Waals surface area contributed by atoms with E-state index in [0.717, 1.165) is 44.5 Å². The Balaban J connectivity index is 1.44. The fraction of sp³-hybridized carbons (Fsp3) is 0. The number of halogens is 4. The number of hydrogen-bond donors (Lipinski definition) is 0. The minimum Gasteiger partial charge on any atom is -0.255 e. The second-order valence-corrected chi connectivity index (χ2v) is 11.7. The van der Waals surface area contributed by atoms with Crippen LogP contribution in [0.2, 0.25) is 0 Å². The van der Waals surface area contributed by atoms with Crippen LogP contribution in [-0.4, -0.2) is 9.97 Å². The summed E-state index contributed by atoms with van der Waals surface area (Å²) in [4.78, 5) is 9.43. The highest BCUT2D eigenvalue weighted by atomic mass is 19.2. The zero-order valence-electron chi connectivity index (χ0n) is 25.1. The summed E-state index contributed by atoms with van der Waals surface area (Å²) >= 11 is 0. The molecule has 0 fully saturated rings. The van der Waals surface area contributed by atoms with E-state index in [0.29, 0.717) is 33.4 Å². The van der Waals surface area contributed by atoms with Crippen LogP contribution in [0.4, 0.5) is 17.6 Å².